The average molecular weight is 517 g/mol. The minimum atomic E-state index is -1.83. The zero-order chi connectivity index (χ0) is 16.5. The molecule has 1 heterocycles. The Hall–Kier alpha value is -0.947. The van der Waals surface area contributed by atoms with Crippen LogP contribution in [0.3, 0.4) is 0 Å². The number of carbonyl (C=O) groups is 1. The Morgan fingerprint density at radius 1 is 1.18 bits per heavy atom. The van der Waals surface area contributed by atoms with Gasteiger partial charge in [0.25, 0.3) is 0 Å². The molecule has 0 unspecified atom stereocenters. The van der Waals surface area contributed by atoms with Crippen LogP contribution in [-0.4, -0.2) is 50.9 Å². The van der Waals surface area contributed by atoms with Gasteiger partial charge in [-0.15, -0.1) is 0 Å². The van der Waals surface area contributed by atoms with Crippen molar-refractivity contribution in [2.45, 2.75) is 13.3 Å². The van der Waals surface area contributed by atoms with E-state index in [-0.39, 0.29) is 31.8 Å². The molecule has 1 aliphatic heterocycles. The fourth-order valence-corrected chi connectivity index (χ4v) is 2.37. The van der Waals surface area contributed by atoms with E-state index in [1.54, 1.807) is 0 Å². The van der Waals surface area contributed by atoms with Gasteiger partial charge in [0.1, 0.15) is 0 Å². The molecule has 121 valence electrons. The molecule has 0 N–H and O–H groups in total. The third-order valence-corrected chi connectivity index (χ3v) is 4.33. The van der Waals surface area contributed by atoms with Crippen molar-refractivity contribution in [2.24, 2.45) is 5.41 Å². The second-order valence-corrected chi connectivity index (χ2v) is 5.78. The van der Waals surface area contributed by atoms with Gasteiger partial charge in [-0.05, 0) is 0 Å². The van der Waals surface area contributed by atoms with Crippen molar-refractivity contribution in [3.8, 4) is 5.75 Å². The van der Waals surface area contributed by atoms with E-state index in [9.17, 15) is 22.4 Å². The maximum atomic E-state index is 13.9. The van der Waals surface area contributed by atoms with E-state index >= 15 is 0 Å². The average Bonchev–Trinajstić information content (AvgIpc) is 2.47. The van der Waals surface area contributed by atoms with Crippen LogP contribution in [0.1, 0.15) is 23.7 Å². The Bertz CT molecular complexity index is 570. The van der Waals surface area contributed by atoms with Crippen molar-refractivity contribution < 1.29 is 34.6 Å². The summed E-state index contributed by atoms with van der Waals surface area (Å²) in [5, 5.41) is 0. The number of hydrogen-bond acceptors (Lipinski definition) is 4. The molecule has 1 aromatic rings. The Morgan fingerprint density at radius 3 is 2.09 bits per heavy atom. The third kappa shape index (κ3) is 2.93. The molecule has 0 bridgehead atoms. The standard InChI is InChI=1S/C13H12F4O4.Bi.H/c1-2-13(3-20-4-13)5-21-11-9(16)7(14)6(12(18)19)8(15)10(11)17;;/h2-5H2,1H3,(H,18,19);;/q;+1;/p-1. The monoisotopic (exact) mass is 517 g/mol. The van der Waals surface area contributed by atoms with Crippen LogP contribution in [-0.2, 0) is 7.55 Å². The molecule has 1 aliphatic rings. The summed E-state index contributed by atoms with van der Waals surface area (Å²) in [6, 6.07) is 0. The Kier molecular flexibility index (Phi) is 5.27. The van der Waals surface area contributed by atoms with Gasteiger partial charge in [0.2, 0.25) is 0 Å². The second kappa shape index (κ2) is 6.66. The molecule has 9 heteroatoms. The SMILES string of the molecule is CCC1(COc2c(F)c(F)c(C(=O)[O][BiH])c(F)c2F)COC1. The molecule has 0 spiro atoms. The summed E-state index contributed by atoms with van der Waals surface area (Å²) >= 11 is -0.172. The molecule has 1 fully saturated rings. The Labute approximate surface area is 139 Å². The molecule has 2 rings (SSSR count). The first-order valence-electron chi connectivity index (χ1n) is 6.31. The van der Waals surface area contributed by atoms with Crippen molar-refractivity contribution >= 4 is 31.1 Å². The van der Waals surface area contributed by atoms with Crippen LogP contribution in [0.15, 0.2) is 0 Å². The van der Waals surface area contributed by atoms with Gasteiger partial charge in [0.15, 0.2) is 0 Å². The first-order chi connectivity index (χ1) is 10.4. The normalized spacial score (nSPS) is 16.1. The van der Waals surface area contributed by atoms with E-state index in [1.807, 2.05) is 6.92 Å². The topological polar surface area (TPSA) is 44.8 Å². The molecular formula is C13H12BiF4O4. The van der Waals surface area contributed by atoms with Crippen LogP contribution in [0, 0.1) is 28.7 Å². The number of benzene rings is 1. The first-order valence-corrected chi connectivity index (χ1v) is 7.90. The molecule has 4 nitrogen and oxygen atoms in total. The molecule has 0 atom stereocenters. The summed E-state index contributed by atoms with van der Waals surface area (Å²) < 4.78 is 69.5. The predicted octanol–water partition coefficient (Wildman–Crippen LogP) is 2.02. The van der Waals surface area contributed by atoms with Crippen LogP contribution < -0.4 is 4.74 Å². The van der Waals surface area contributed by atoms with Gasteiger partial charge in [-0.25, -0.2) is 0 Å². The summed E-state index contributed by atoms with van der Waals surface area (Å²) in [6.07, 6.45) is 0.617. The van der Waals surface area contributed by atoms with Gasteiger partial charge in [0.05, 0.1) is 0 Å². The van der Waals surface area contributed by atoms with Gasteiger partial charge in [-0.2, -0.15) is 0 Å². The van der Waals surface area contributed by atoms with Crippen molar-refractivity contribution in [1.82, 2.24) is 0 Å². The number of rotatable bonds is 5. The molecule has 0 saturated carbocycles. The molecule has 0 aromatic heterocycles. The van der Waals surface area contributed by atoms with Crippen LogP contribution in [0.4, 0.5) is 17.6 Å². The van der Waals surface area contributed by atoms with E-state index < -0.39 is 46.0 Å². The van der Waals surface area contributed by atoms with Gasteiger partial charge in [0, 0.05) is 0 Å². The summed E-state index contributed by atoms with van der Waals surface area (Å²) in [5.41, 5.74) is -1.83. The van der Waals surface area contributed by atoms with Crippen LogP contribution in [0.25, 0.3) is 0 Å². The van der Waals surface area contributed by atoms with Crippen LogP contribution >= 0.6 is 0 Å². The quantitative estimate of drug-likeness (QED) is 0.341. The van der Waals surface area contributed by atoms with Crippen LogP contribution in [0.2, 0.25) is 0 Å². The predicted molar refractivity (Wildman–Crippen MR) is 67.9 cm³/mol. The third-order valence-electron chi connectivity index (χ3n) is 3.61. The van der Waals surface area contributed by atoms with E-state index in [0.717, 1.165) is 0 Å². The van der Waals surface area contributed by atoms with Crippen molar-refractivity contribution in [1.29, 1.82) is 0 Å². The summed E-state index contributed by atoms with van der Waals surface area (Å²) in [7, 11) is 0. The summed E-state index contributed by atoms with van der Waals surface area (Å²) in [6.45, 7) is 2.36. The minimum absolute atomic E-state index is 0.152. The van der Waals surface area contributed by atoms with Crippen molar-refractivity contribution in [3.05, 3.63) is 28.8 Å². The fourth-order valence-electron chi connectivity index (χ4n) is 1.97. The maximum absolute atomic E-state index is 13.9. The Balaban J connectivity index is 2.35. The fraction of sp³-hybridized carbons (Fsp3) is 0.462. The van der Waals surface area contributed by atoms with E-state index in [4.69, 9.17) is 9.47 Å². The number of carbonyl (C=O) groups excluding carboxylic acids is 1. The summed E-state index contributed by atoms with van der Waals surface area (Å²) in [4.78, 5) is 11.2. The Morgan fingerprint density at radius 2 is 1.73 bits per heavy atom. The molecule has 1 saturated heterocycles. The summed E-state index contributed by atoms with van der Waals surface area (Å²) in [5.74, 6) is -9.81. The zero-order valence-corrected chi connectivity index (χ0v) is 15.4. The number of hydrogen-bond donors (Lipinski definition) is 0. The first kappa shape index (κ1) is 17.4. The van der Waals surface area contributed by atoms with E-state index in [0.29, 0.717) is 19.6 Å². The zero-order valence-electron chi connectivity index (χ0n) is 11.5. The van der Waals surface area contributed by atoms with Crippen molar-refractivity contribution in [2.75, 3.05) is 19.8 Å². The molecular weight excluding hydrogens is 505 g/mol. The van der Waals surface area contributed by atoms with Crippen LogP contribution in [0.5, 0.6) is 5.75 Å². The molecule has 0 aliphatic carbocycles. The second-order valence-electron chi connectivity index (χ2n) is 4.98. The van der Waals surface area contributed by atoms with Gasteiger partial charge < -0.3 is 0 Å². The van der Waals surface area contributed by atoms with E-state index in [1.165, 1.54) is 0 Å². The van der Waals surface area contributed by atoms with Gasteiger partial charge in [-0.1, -0.05) is 0 Å². The van der Waals surface area contributed by atoms with Crippen molar-refractivity contribution in [3.63, 3.8) is 0 Å². The van der Waals surface area contributed by atoms with Gasteiger partial charge in [-0.3, -0.25) is 0 Å². The van der Waals surface area contributed by atoms with E-state index in [2.05, 4.69) is 2.81 Å². The molecule has 1 radical (unpaired) electrons. The molecule has 1 aromatic carbocycles. The molecule has 0 amide bonds. The number of halogens is 4. The van der Waals surface area contributed by atoms with Gasteiger partial charge >= 0.3 is 139 Å². The number of ether oxygens (including phenoxy) is 2. The molecule has 22 heavy (non-hydrogen) atoms.